The lowest BCUT2D eigenvalue weighted by atomic mass is 9.92. The predicted molar refractivity (Wildman–Crippen MR) is 84.4 cm³/mol. The van der Waals surface area contributed by atoms with E-state index in [4.69, 9.17) is 5.73 Å². The summed E-state index contributed by atoms with van der Waals surface area (Å²) in [5, 5.41) is 3.48. The van der Waals surface area contributed by atoms with Gasteiger partial charge in [0.2, 0.25) is 0 Å². The second-order valence-electron chi connectivity index (χ2n) is 5.63. The van der Waals surface area contributed by atoms with Crippen molar-refractivity contribution in [2.45, 2.75) is 64.0 Å². The van der Waals surface area contributed by atoms with E-state index in [0.29, 0.717) is 12.1 Å². The molecular formula is C16H26N4. The summed E-state index contributed by atoms with van der Waals surface area (Å²) in [5.41, 5.74) is 6.86. The number of hydrogen-bond donors (Lipinski definition) is 2. The van der Waals surface area contributed by atoms with Crippen molar-refractivity contribution >= 4 is 11.9 Å². The Bertz CT molecular complexity index is 422. The maximum absolute atomic E-state index is 5.93. The molecule has 1 aliphatic carbocycles. The molecule has 0 spiro atoms. The molecule has 0 unspecified atom stereocenters. The lowest BCUT2D eigenvalue weighted by Gasteiger charge is -2.27. The highest BCUT2D eigenvalue weighted by Gasteiger charge is 2.18. The first-order chi connectivity index (χ1) is 9.78. The first-order valence-electron chi connectivity index (χ1n) is 7.78. The molecule has 1 fully saturated rings. The van der Waals surface area contributed by atoms with Crippen molar-refractivity contribution in [2.24, 2.45) is 5.73 Å². The van der Waals surface area contributed by atoms with Crippen LogP contribution in [0.25, 0.3) is 6.08 Å². The van der Waals surface area contributed by atoms with Gasteiger partial charge in [-0.15, -0.1) is 0 Å². The van der Waals surface area contributed by atoms with Gasteiger partial charge in [-0.3, -0.25) is 4.98 Å². The summed E-state index contributed by atoms with van der Waals surface area (Å²) in [5.74, 6) is 0.878. The smallest absolute Gasteiger partial charge is 0.145 e. The third kappa shape index (κ3) is 4.93. The Morgan fingerprint density at radius 2 is 2.10 bits per heavy atom. The van der Waals surface area contributed by atoms with E-state index in [0.717, 1.165) is 43.6 Å². The Morgan fingerprint density at radius 3 is 2.85 bits per heavy atom. The molecule has 1 aliphatic rings. The monoisotopic (exact) mass is 274 g/mol. The number of rotatable bonds is 6. The SMILES string of the molecule is CCCC/C=C/c1cncc(NC2CCC(N)CC2)n1. The van der Waals surface area contributed by atoms with Crippen molar-refractivity contribution in [3.05, 3.63) is 24.2 Å². The van der Waals surface area contributed by atoms with E-state index in [2.05, 4.69) is 34.4 Å². The molecule has 0 saturated heterocycles. The predicted octanol–water partition coefficient (Wildman–Crippen LogP) is 3.36. The van der Waals surface area contributed by atoms with E-state index in [1.807, 2.05) is 6.20 Å². The van der Waals surface area contributed by atoms with Gasteiger partial charge in [-0.2, -0.15) is 0 Å². The zero-order chi connectivity index (χ0) is 14.2. The molecule has 0 aromatic carbocycles. The van der Waals surface area contributed by atoms with Crippen molar-refractivity contribution in [1.29, 1.82) is 0 Å². The van der Waals surface area contributed by atoms with Crippen LogP contribution in [0.4, 0.5) is 5.82 Å². The molecule has 1 aromatic rings. The molecule has 0 amide bonds. The van der Waals surface area contributed by atoms with Crippen LogP contribution in [0.15, 0.2) is 18.5 Å². The molecule has 110 valence electrons. The van der Waals surface area contributed by atoms with E-state index in [1.165, 1.54) is 12.8 Å². The van der Waals surface area contributed by atoms with E-state index in [-0.39, 0.29) is 0 Å². The fraction of sp³-hybridized carbons (Fsp3) is 0.625. The van der Waals surface area contributed by atoms with E-state index in [9.17, 15) is 0 Å². The van der Waals surface area contributed by atoms with Crippen LogP contribution in [0.3, 0.4) is 0 Å². The average molecular weight is 274 g/mol. The van der Waals surface area contributed by atoms with Gasteiger partial charge in [0.05, 0.1) is 18.1 Å². The first-order valence-corrected chi connectivity index (χ1v) is 7.78. The molecule has 1 aromatic heterocycles. The van der Waals surface area contributed by atoms with E-state index in [1.54, 1.807) is 6.20 Å². The van der Waals surface area contributed by atoms with E-state index >= 15 is 0 Å². The number of allylic oxidation sites excluding steroid dienone is 1. The van der Waals surface area contributed by atoms with Crippen molar-refractivity contribution in [1.82, 2.24) is 9.97 Å². The first kappa shape index (κ1) is 15.0. The molecule has 0 bridgehead atoms. The minimum absolute atomic E-state index is 0.381. The maximum Gasteiger partial charge on any atom is 0.145 e. The van der Waals surface area contributed by atoms with Crippen molar-refractivity contribution < 1.29 is 0 Å². The van der Waals surface area contributed by atoms with Crippen LogP contribution in [0.1, 0.15) is 57.6 Å². The Hall–Kier alpha value is -1.42. The molecule has 3 N–H and O–H groups in total. The molecule has 4 heteroatoms. The number of nitrogens with two attached hydrogens (primary N) is 1. The van der Waals surface area contributed by atoms with Crippen LogP contribution in [0.5, 0.6) is 0 Å². The van der Waals surface area contributed by atoms with Gasteiger partial charge in [-0.05, 0) is 38.2 Å². The largest absolute Gasteiger partial charge is 0.366 e. The summed E-state index contributed by atoms with van der Waals surface area (Å²) in [6, 6.07) is 0.871. The molecule has 0 atom stereocenters. The molecule has 0 radical (unpaired) electrons. The summed E-state index contributed by atoms with van der Waals surface area (Å²) in [6.45, 7) is 2.20. The minimum atomic E-state index is 0.381. The standard InChI is InChI=1S/C16H26N4/c1-2-3-4-5-6-15-11-18-12-16(20-15)19-14-9-7-13(17)8-10-14/h5-6,11-14H,2-4,7-10,17H2,1H3,(H,19,20)/b6-5+. The van der Waals surface area contributed by atoms with Crippen LogP contribution in [-0.2, 0) is 0 Å². The third-order valence-corrected chi connectivity index (χ3v) is 3.79. The number of aromatic nitrogens is 2. The summed E-state index contributed by atoms with van der Waals surface area (Å²) in [4.78, 5) is 8.85. The van der Waals surface area contributed by atoms with Crippen LogP contribution >= 0.6 is 0 Å². The molecule has 0 aliphatic heterocycles. The Labute approximate surface area is 121 Å². The van der Waals surface area contributed by atoms with Gasteiger partial charge in [0.1, 0.15) is 5.82 Å². The van der Waals surface area contributed by atoms with Crippen LogP contribution in [0, 0.1) is 0 Å². The summed E-state index contributed by atoms with van der Waals surface area (Å²) in [7, 11) is 0. The van der Waals surface area contributed by atoms with Gasteiger partial charge < -0.3 is 11.1 Å². The molecular weight excluding hydrogens is 248 g/mol. The normalized spacial score (nSPS) is 23.1. The van der Waals surface area contributed by atoms with Crippen LogP contribution in [-0.4, -0.2) is 22.1 Å². The second kappa shape index (κ2) is 8.00. The lowest BCUT2D eigenvalue weighted by molar-refractivity contribution is 0.410. The van der Waals surface area contributed by atoms with Gasteiger partial charge in [-0.1, -0.05) is 25.8 Å². The zero-order valence-corrected chi connectivity index (χ0v) is 12.4. The molecule has 20 heavy (non-hydrogen) atoms. The average Bonchev–Trinajstić information content (AvgIpc) is 2.47. The Balaban J connectivity index is 1.87. The number of hydrogen-bond acceptors (Lipinski definition) is 4. The quantitative estimate of drug-likeness (QED) is 0.781. The maximum atomic E-state index is 5.93. The number of nitrogens with one attached hydrogen (secondary N) is 1. The molecule has 1 saturated carbocycles. The number of anilines is 1. The second-order valence-corrected chi connectivity index (χ2v) is 5.63. The highest BCUT2D eigenvalue weighted by molar-refractivity contribution is 5.46. The third-order valence-electron chi connectivity index (χ3n) is 3.79. The number of nitrogens with zero attached hydrogens (tertiary/aromatic N) is 2. The fourth-order valence-electron chi connectivity index (χ4n) is 2.53. The molecule has 1 heterocycles. The Morgan fingerprint density at radius 1 is 1.30 bits per heavy atom. The highest BCUT2D eigenvalue weighted by Crippen LogP contribution is 2.20. The van der Waals surface area contributed by atoms with Crippen molar-refractivity contribution in [3.8, 4) is 0 Å². The summed E-state index contributed by atoms with van der Waals surface area (Å²) >= 11 is 0. The number of unbranched alkanes of at least 4 members (excludes halogenated alkanes) is 2. The summed E-state index contributed by atoms with van der Waals surface area (Å²) < 4.78 is 0. The molecule has 2 rings (SSSR count). The summed E-state index contributed by atoms with van der Waals surface area (Å²) in [6.07, 6.45) is 15.9. The minimum Gasteiger partial charge on any atom is -0.366 e. The fourth-order valence-corrected chi connectivity index (χ4v) is 2.53. The zero-order valence-electron chi connectivity index (χ0n) is 12.4. The Kier molecular flexibility index (Phi) is 5.99. The van der Waals surface area contributed by atoms with Gasteiger partial charge in [-0.25, -0.2) is 4.98 Å². The van der Waals surface area contributed by atoms with Gasteiger partial charge in [0.25, 0.3) is 0 Å². The highest BCUT2D eigenvalue weighted by atomic mass is 15.0. The van der Waals surface area contributed by atoms with Crippen LogP contribution < -0.4 is 11.1 Å². The lowest BCUT2D eigenvalue weighted by Crippen LogP contribution is -2.33. The van der Waals surface area contributed by atoms with Crippen LogP contribution in [0.2, 0.25) is 0 Å². The van der Waals surface area contributed by atoms with Gasteiger partial charge >= 0.3 is 0 Å². The van der Waals surface area contributed by atoms with Crippen molar-refractivity contribution in [2.75, 3.05) is 5.32 Å². The van der Waals surface area contributed by atoms with Gasteiger partial charge in [0.15, 0.2) is 0 Å². The molecule has 4 nitrogen and oxygen atoms in total. The topological polar surface area (TPSA) is 63.8 Å². The van der Waals surface area contributed by atoms with Crippen molar-refractivity contribution in [3.63, 3.8) is 0 Å². The van der Waals surface area contributed by atoms with Gasteiger partial charge in [0, 0.05) is 12.1 Å². The van der Waals surface area contributed by atoms with E-state index < -0.39 is 0 Å².